The number of carboxylic acid groups (broad SMARTS) is 2. The molecule has 114 valence electrons. The van der Waals surface area contributed by atoms with Crippen molar-refractivity contribution in [3.05, 3.63) is 27.8 Å². The number of nitrogens with one attached hydrogen (secondary N) is 2. The summed E-state index contributed by atoms with van der Waals surface area (Å²) >= 11 is 2.13. The average Bonchev–Trinajstić information content (AvgIpc) is 2.39. The molecule has 0 heterocycles. The van der Waals surface area contributed by atoms with Gasteiger partial charge >= 0.3 is 18.0 Å². The molecule has 0 aliphatic heterocycles. The molecule has 21 heavy (non-hydrogen) atoms. The van der Waals surface area contributed by atoms with Gasteiger partial charge in [0.1, 0.15) is 6.04 Å². The van der Waals surface area contributed by atoms with Crippen molar-refractivity contribution in [1.82, 2.24) is 5.32 Å². The van der Waals surface area contributed by atoms with Gasteiger partial charge < -0.3 is 20.8 Å². The lowest BCUT2D eigenvalue weighted by molar-refractivity contribution is -0.140. The summed E-state index contributed by atoms with van der Waals surface area (Å²) in [7, 11) is 0. The first kappa shape index (κ1) is 17.2. The third-order valence-corrected chi connectivity index (χ3v) is 3.31. The van der Waals surface area contributed by atoms with Gasteiger partial charge in [0, 0.05) is 15.7 Å². The summed E-state index contributed by atoms with van der Waals surface area (Å²) in [6.45, 7) is 0. The summed E-state index contributed by atoms with van der Waals surface area (Å²) < 4.78 is 1.01. The van der Waals surface area contributed by atoms with E-state index in [1.807, 2.05) is 0 Å². The zero-order valence-corrected chi connectivity index (χ0v) is 13.2. The van der Waals surface area contributed by atoms with E-state index in [0.717, 1.165) is 3.57 Å². The topological polar surface area (TPSA) is 116 Å². The molecule has 0 spiro atoms. The Morgan fingerprint density at radius 2 is 1.76 bits per heavy atom. The minimum absolute atomic E-state index is 0.0573. The molecule has 0 unspecified atom stereocenters. The molecular weight excluding hydrogens is 391 g/mol. The lowest BCUT2D eigenvalue weighted by Gasteiger charge is -2.14. The molecule has 1 aromatic carbocycles. The Kier molecular flexibility index (Phi) is 6.92. The third-order valence-electron chi connectivity index (χ3n) is 2.59. The van der Waals surface area contributed by atoms with E-state index in [1.165, 1.54) is 0 Å². The standard InChI is InChI=1S/C13H15IN2O5/c14-8-4-6-9(7-5-8)15-13(21)16-10(12(19)20)2-1-3-11(17)18/h4-7,10H,1-3H2,(H,17,18)(H,19,20)(H2,15,16,21)/t10-/m1/s1. The first-order valence-corrected chi connectivity index (χ1v) is 7.24. The fourth-order valence-corrected chi connectivity index (χ4v) is 1.93. The van der Waals surface area contributed by atoms with Crippen LogP contribution in [0.3, 0.4) is 0 Å². The maximum atomic E-state index is 11.7. The van der Waals surface area contributed by atoms with E-state index < -0.39 is 24.0 Å². The smallest absolute Gasteiger partial charge is 0.326 e. The van der Waals surface area contributed by atoms with E-state index >= 15 is 0 Å². The summed E-state index contributed by atoms with van der Waals surface area (Å²) in [5, 5.41) is 22.3. The zero-order chi connectivity index (χ0) is 15.8. The van der Waals surface area contributed by atoms with Gasteiger partial charge in [0.15, 0.2) is 0 Å². The molecule has 0 aromatic heterocycles. The first-order valence-electron chi connectivity index (χ1n) is 6.16. The fourth-order valence-electron chi connectivity index (χ4n) is 1.57. The Morgan fingerprint density at radius 3 is 2.29 bits per heavy atom. The first-order chi connectivity index (χ1) is 9.88. The van der Waals surface area contributed by atoms with Gasteiger partial charge in [-0.05, 0) is 59.7 Å². The maximum Gasteiger partial charge on any atom is 0.326 e. The van der Waals surface area contributed by atoms with E-state index in [9.17, 15) is 14.4 Å². The van der Waals surface area contributed by atoms with Crippen molar-refractivity contribution in [2.75, 3.05) is 5.32 Å². The molecule has 0 saturated heterocycles. The Balaban J connectivity index is 2.50. The fraction of sp³-hybridized carbons (Fsp3) is 0.308. The Morgan fingerprint density at radius 1 is 1.14 bits per heavy atom. The highest BCUT2D eigenvalue weighted by Crippen LogP contribution is 2.11. The number of urea groups is 1. The van der Waals surface area contributed by atoms with E-state index in [0.29, 0.717) is 5.69 Å². The van der Waals surface area contributed by atoms with Crippen LogP contribution in [0.15, 0.2) is 24.3 Å². The SMILES string of the molecule is O=C(O)CCC[C@@H](NC(=O)Nc1ccc(I)cc1)C(=O)O. The molecule has 1 atom stereocenters. The van der Waals surface area contributed by atoms with Crippen LogP contribution in [-0.2, 0) is 9.59 Å². The van der Waals surface area contributed by atoms with Crippen LogP contribution in [-0.4, -0.2) is 34.2 Å². The maximum absolute atomic E-state index is 11.7. The number of rotatable bonds is 7. The monoisotopic (exact) mass is 406 g/mol. The number of aliphatic carboxylic acids is 2. The van der Waals surface area contributed by atoms with Crippen molar-refractivity contribution >= 4 is 46.2 Å². The van der Waals surface area contributed by atoms with E-state index in [1.54, 1.807) is 24.3 Å². The van der Waals surface area contributed by atoms with Crippen molar-refractivity contribution in [3.8, 4) is 0 Å². The number of hydrogen-bond acceptors (Lipinski definition) is 3. The molecule has 8 heteroatoms. The Labute approximate surface area is 134 Å². The molecule has 1 rings (SSSR count). The molecule has 0 aliphatic rings. The predicted octanol–water partition coefficient (Wildman–Crippen LogP) is 2.12. The highest BCUT2D eigenvalue weighted by molar-refractivity contribution is 14.1. The average molecular weight is 406 g/mol. The van der Waals surface area contributed by atoms with Crippen LogP contribution in [0, 0.1) is 3.57 Å². The minimum Gasteiger partial charge on any atom is -0.481 e. The molecule has 0 aliphatic carbocycles. The number of hydrogen-bond donors (Lipinski definition) is 4. The Bertz CT molecular complexity index is 518. The second kappa shape index (κ2) is 8.45. The highest BCUT2D eigenvalue weighted by Gasteiger charge is 2.19. The van der Waals surface area contributed by atoms with E-state index in [4.69, 9.17) is 10.2 Å². The number of amides is 2. The lowest BCUT2D eigenvalue weighted by Crippen LogP contribution is -2.43. The zero-order valence-electron chi connectivity index (χ0n) is 11.0. The van der Waals surface area contributed by atoms with E-state index in [2.05, 4.69) is 33.2 Å². The number of anilines is 1. The van der Waals surface area contributed by atoms with Gasteiger partial charge in [-0.2, -0.15) is 0 Å². The van der Waals surface area contributed by atoms with Crippen molar-refractivity contribution in [2.24, 2.45) is 0 Å². The third kappa shape index (κ3) is 6.93. The number of carbonyl (C=O) groups is 3. The van der Waals surface area contributed by atoms with Crippen LogP contribution in [0.4, 0.5) is 10.5 Å². The minimum atomic E-state index is -1.20. The summed E-state index contributed by atoms with van der Waals surface area (Å²) in [6, 6.07) is 5.24. The van der Waals surface area contributed by atoms with Crippen molar-refractivity contribution in [1.29, 1.82) is 0 Å². The van der Waals surface area contributed by atoms with Crippen LogP contribution in [0.5, 0.6) is 0 Å². The molecule has 0 fully saturated rings. The van der Waals surface area contributed by atoms with Gasteiger partial charge in [-0.3, -0.25) is 4.79 Å². The molecule has 4 N–H and O–H groups in total. The lowest BCUT2D eigenvalue weighted by atomic mass is 10.1. The molecule has 0 saturated carbocycles. The second-order valence-corrected chi connectivity index (χ2v) is 5.53. The van der Waals surface area contributed by atoms with Crippen LogP contribution >= 0.6 is 22.6 Å². The number of carbonyl (C=O) groups excluding carboxylic acids is 1. The predicted molar refractivity (Wildman–Crippen MR) is 84.2 cm³/mol. The molecular formula is C13H15IN2O5. The Hall–Kier alpha value is -1.84. The summed E-state index contributed by atoms with van der Waals surface area (Å²) in [5.41, 5.74) is 0.544. The van der Waals surface area contributed by atoms with Crippen LogP contribution in [0.2, 0.25) is 0 Å². The van der Waals surface area contributed by atoms with Gasteiger partial charge in [0.2, 0.25) is 0 Å². The van der Waals surface area contributed by atoms with Gasteiger partial charge in [-0.1, -0.05) is 0 Å². The van der Waals surface area contributed by atoms with Gasteiger partial charge in [-0.15, -0.1) is 0 Å². The quantitative estimate of drug-likeness (QED) is 0.518. The van der Waals surface area contributed by atoms with Crippen LogP contribution in [0.1, 0.15) is 19.3 Å². The van der Waals surface area contributed by atoms with E-state index in [-0.39, 0.29) is 19.3 Å². The summed E-state index contributed by atoms with van der Waals surface area (Å²) in [4.78, 5) is 33.1. The largest absolute Gasteiger partial charge is 0.481 e. The van der Waals surface area contributed by atoms with Crippen molar-refractivity contribution in [2.45, 2.75) is 25.3 Å². The second-order valence-electron chi connectivity index (χ2n) is 4.28. The normalized spacial score (nSPS) is 11.5. The van der Waals surface area contributed by atoms with Crippen LogP contribution in [0.25, 0.3) is 0 Å². The highest BCUT2D eigenvalue weighted by atomic mass is 127. The summed E-state index contributed by atoms with van der Waals surface area (Å²) in [6.07, 6.45) is 0.0993. The molecule has 0 radical (unpaired) electrons. The van der Waals surface area contributed by atoms with Gasteiger partial charge in [-0.25, -0.2) is 9.59 Å². The molecule has 2 amide bonds. The molecule has 0 bridgehead atoms. The van der Waals surface area contributed by atoms with Gasteiger partial charge in [0.05, 0.1) is 0 Å². The van der Waals surface area contributed by atoms with Crippen LogP contribution < -0.4 is 10.6 Å². The van der Waals surface area contributed by atoms with Crippen molar-refractivity contribution < 1.29 is 24.6 Å². The van der Waals surface area contributed by atoms with Gasteiger partial charge in [0.25, 0.3) is 0 Å². The molecule has 1 aromatic rings. The number of halogens is 1. The molecule has 7 nitrogen and oxygen atoms in total. The number of carboxylic acids is 2. The number of benzene rings is 1. The van der Waals surface area contributed by atoms with Crippen molar-refractivity contribution in [3.63, 3.8) is 0 Å². The summed E-state index contributed by atoms with van der Waals surface area (Å²) in [5.74, 6) is -2.19.